The van der Waals surface area contributed by atoms with Gasteiger partial charge in [-0.1, -0.05) is 53.9 Å². The van der Waals surface area contributed by atoms with Gasteiger partial charge < -0.3 is 34.3 Å². The summed E-state index contributed by atoms with van der Waals surface area (Å²) in [5.74, 6) is 11.3. The molecule has 14 bridgehead atoms. The van der Waals surface area contributed by atoms with Crippen molar-refractivity contribution in [3.8, 4) is 0 Å². The number of fused-ring (bicyclic) bond motifs is 14. The lowest BCUT2D eigenvalue weighted by atomic mass is 9.63. The van der Waals surface area contributed by atoms with Gasteiger partial charge in [-0.2, -0.15) is 0 Å². The molecule has 3 saturated carbocycles. The summed E-state index contributed by atoms with van der Waals surface area (Å²) in [7, 11) is 20.4. The molecular weight excluding hydrogens is 883 g/mol. The number of piperazine rings is 2. The monoisotopic (exact) mass is 1000 g/mol. The van der Waals surface area contributed by atoms with Crippen LogP contribution in [0.25, 0.3) is 0 Å². The minimum absolute atomic E-state index is 0.854. The van der Waals surface area contributed by atoms with Gasteiger partial charge in [0.25, 0.3) is 0 Å². The van der Waals surface area contributed by atoms with Crippen LogP contribution < -0.4 is 0 Å². The minimum Gasteiger partial charge on any atom is -0.306 e. The summed E-state index contributed by atoms with van der Waals surface area (Å²) in [5.41, 5.74) is 0. The number of likely N-dealkylation sites (N-methyl/N-ethyl adjacent to an activating group) is 4. The molecular formula is C63H121N9. The van der Waals surface area contributed by atoms with Gasteiger partial charge in [0.15, 0.2) is 0 Å². The highest BCUT2D eigenvalue weighted by atomic mass is 15.3. The molecule has 15 rings (SSSR count). The maximum absolute atomic E-state index is 2.63. The predicted octanol–water partition coefficient (Wildman–Crippen LogP) is 10.1. The fraction of sp³-hybridized carbons (Fsp3) is 1.00. The lowest BCUT2D eigenvalue weighted by Gasteiger charge is -2.51. The van der Waals surface area contributed by atoms with E-state index in [4.69, 9.17) is 0 Å². The molecule has 9 heteroatoms. The fourth-order valence-electron chi connectivity index (χ4n) is 18.5. The summed E-state index contributed by atoms with van der Waals surface area (Å²) < 4.78 is 0. The molecule has 14 atom stereocenters. The summed E-state index contributed by atoms with van der Waals surface area (Å²) in [6.07, 6.45) is 29.2. The Morgan fingerprint density at radius 3 is 0.806 bits per heavy atom. The van der Waals surface area contributed by atoms with Crippen LogP contribution in [-0.2, 0) is 0 Å². The second-order valence-electron chi connectivity index (χ2n) is 29.0. The van der Waals surface area contributed by atoms with Crippen LogP contribution >= 0.6 is 0 Å². The van der Waals surface area contributed by atoms with Gasteiger partial charge in [-0.25, -0.2) is 0 Å². The van der Waals surface area contributed by atoms with Crippen LogP contribution in [0, 0.1) is 65.1 Å². The molecule has 12 saturated heterocycles. The largest absolute Gasteiger partial charge is 0.306 e. The van der Waals surface area contributed by atoms with Crippen molar-refractivity contribution in [3.05, 3.63) is 0 Å². The zero-order valence-electron chi connectivity index (χ0n) is 50.2. The van der Waals surface area contributed by atoms with Gasteiger partial charge in [-0.05, 0) is 238 Å². The van der Waals surface area contributed by atoms with Gasteiger partial charge in [-0.15, -0.1) is 0 Å². The lowest BCUT2D eigenvalue weighted by Crippen LogP contribution is -2.58. The Morgan fingerprint density at radius 2 is 0.458 bits per heavy atom. The topological polar surface area (TPSA) is 29.2 Å². The zero-order chi connectivity index (χ0) is 51.4. The third kappa shape index (κ3) is 14.9. The van der Waals surface area contributed by atoms with E-state index >= 15 is 0 Å². The average Bonchev–Trinajstić information content (AvgIpc) is 3.74. The molecule has 12 aliphatic heterocycles. The molecule has 12 heterocycles. The SMILES string of the molecule is CC1C2CC1CN(C)C2.CC1C2CCC1CN(C)C2.CC1C2CCCC1CN(C)C2.CC1CC2CCC(C1)N2C.CC1CC2CCCC(C1)N2C.CN1CC2CCC(C1)N2C.CN1CC2CCCC(C1)N2C. The minimum atomic E-state index is 0.854. The van der Waals surface area contributed by atoms with Crippen molar-refractivity contribution in [2.24, 2.45) is 65.1 Å². The molecule has 72 heavy (non-hydrogen) atoms. The van der Waals surface area contributed by atoms with E-state index in [1.54, 1.807) is 0 Å². The van der Waals surface area contributed by atoms with E-state index in [9.17, 15) is 0 Å². The van der Waals surface area contributed by atoms with Crippen LogP contribution in [0.3, 0.4) is 0 Å². The van der Waals surface area contributed by atoms with E-state index in [0.717, 1.165) is 113 Å². The molecule has 15 aliphatic rings. The number of likely N-dealkylation sites (tertiary alicyclic amines) is 4. The second kappa shape index (κ2) is 26.5. The van der Waals surface area contributed by atoms with Crippen molar-refractivity contribution < 1.29 is 0 Å². The summed E-state index contributed by atoms with van der Waals surface area (Å²) in [4.78, 5) is 22.8. The lowest BCUT2D eigenvalue weighted by molar-refractivity contribution is -0.0212. The Balaban J connectivity index is 0.000000112. The molecule has 0 amide bonds. The maximum atomic E-state index is 2.63. The Labute approximate surface area is 447 Å². The van der Waals surface area contributed by atoms with Crippen LogP contribution in [0.5, 0.6) is 0 Å². The molecule has 0 spiro atoms. The van der Waals surface area contributed by atoms with Crippen molar-refractivity contribution in [1.29, 1.82) is 0 Å². The molecule has 0 aromatic rings. The standard InChI is InChI=1S/2C10H19N.C9H18N2.2C9H17N.C8H16N2.C8H15N/c1-8-9-4-3-5-10(8)7-11(2)6-9;1-8-6-9-4-3-5-10(7-8)11(9)2;1-10-6-8-4-3-5-9(7-10)11(8)2;1-7-8-3-4-9(7)6-10(2)5-8;1-7-5-8-3-4-9(6-7)10(8)2;1-9-5-7-3-4-8(6-9)10(7)2;1-6-7-3-8(6)5-9(2)4-7/h2*8-10H,3-7H2,1-2H3;8-9H,3-7H2,1-2H3;2*7-9H,3-6H2,1-2H3;7-8H,3-6H2,1-2H3;6-8H,3-5H2,1-2H3. The van der Waals surface area contributed by atoms with Crippen LogP contribution in [0.1, 0.15) is 163 Å². The van der Waals surface area contributed by atoms with Crippen LogP contribution in [0.4, 0.5) is 0 Å². The number of nitrogens with zero attached hydrogens (tertiary/aromatic N) is 9. The molecule has 15 fully saturated rings. The molecule has 3 aliphatic carbocycles. The fourth-order valence-corrected chi connectivity index (χ4v) is 18.5. The molecule has 0 radical (unpaired) electrons. The quantitative estimate of drug-likeness (QED) is 0.236. The third-order valence-electron chi connectivity index (χ3n) is 23.6. The highest BCUT2D eigenvalue weighted by Crippen LogP contribution is 2.45. The third-order valence-corrected chi connectivity index (χ3v) is 23.6. The Kier molecular flexibility index (Phi) is 21.3. The van der Waals surface area contributed by atoms with E-state index in [0.29, 0.717) is 0 Å². The summed E-state index contributed by atoms with van der Waals surface area (Å²) in [5, 5.41) is 0. The first-order valence-electron chi connectivity index (χ1n) is 31.7. The van der Waals surface area contributed by atoms with Gasteiger partial charge in [0.2, 0.25) is 0 Å². The Hall–Kier alpha value is -0.360. The first-order valence-corrected chi connectivity index (χ1v) is 31.7. The van der Waals surface area contributed by atoms with E-state index < -0.39 is 0 Å². The normalized spacial score (nSPS) is 45.8. The summed E-state index contributed by atoms with van der Waals surface area (Å²) in [6, 6.07) is 7.17. The van der Waals surface area contributed by atoms with Crippen molar-refractivity contribution in [2.45, 2.75) is 211 Å². The van der Waals surface area contributed by atoms with Gasteiger partial charge in [-0.3, -0.25) is 9.80 Å². The first-order chi connectivity index (χ1) is 34.4. The summed E-state index contributed by atoms with van der Waals surface area (Å²) in [6.45, 7) is 25.4. The van der Waals surface area contributed by atoms with Crippen molar-refractivity contribution in [2.75, 3.05) is 129 Å². The van der Waals surface area contributed by atoms with Crippen molar-refractivity contribution in [3.63, 3.8) is 0 Å². The Bertz CT molecular complexity index is 1340. The molecule has 0 N–H and O–H groups in total. The van der Waals surface area contributed by atoms with Gasteiger partial charge in [0.05, 0.1) is 0 Å². The maximum Gasteiger partial charge on any atom is 0.0224 e. The number of piperidine rings is 8. The van der Waals surface area contributed by atoms with E-state index in [1.165, 1.54) is 194 Å². The van der Waals surface area contributed by atoms with Gasteiger partial charge >= 0.3 is 0 Å². The number of rotatable bonds is 0. The van der Waals surface area contributed by atoms with E-state index in [-0.39, 0.29) is 0 Å². The van der Waals surface area contributed by atoms with Crippen LogP contribution in [-0.4, -0.2) is 221 Å². The molecule has 0 aromatic heterocycles. The van der Waals surface area contributed by atoms with Gasteiger partial charge in [0, 0.05) is 114 Å². The first kappa shape index (κ1) is 57.8. The number of hydrogen-bond acceptors (Lipinski definition) is 9. The van der Waals surface area contributed by atoms with Crippen LogP contribution in [0.2, 0.25) is 0 Å². The van der Waals surface area contributed by atoms with Crippen LogP contribution in [0.15, 0.2) is 0 Å². The zero-order valence-corrected chi connectivity index (χ0v) is 50.2. The Morgan fingerprint density at radius 1 is 0.222 bits per heavy atom. The van der Waals surface area contributed by atoms with Crippen molar-refractivity contribution in [1.82, 2.24) is 44.1 Å². The highest BCUT2D eigenvalue weighted by molar-refractivity contribution is 4.96. The van der Waals surface area contributed by atoms with Gasteiger partial charge in [0.1, 0.15) is 0 Å². The highest BCUT2D eigenvalue weighted by Gasteiger charge is 2.43. The van der Waals surface area contributed by atoms with Crippen molar-refractivity contribution >= 4 is 0 Å². The molecule has 418 valence electrons. The number of hydrogen-bond donors (Lipinski definition) is 0. The molecule has 0 aromatic carbocycles. The molecule has 14 unspecified atom stereocenters. The second-order valence-corrected chi connectivity index (χ2v) is 29.0. The van der Waals surface area contributed by atoms with E-state index in [2.05, 4.69) is 142 Å². The smallest absolute Gasteiger partial charge is 0.0224 e. The predicted molar refractivity (Wildman–Crippen MR) is 308 cm³/mol. The van der Waals surface area contributed by atoms with E-state index in [1.807, 2.05) is 0 Å². The average molecular weight is 1000 g/mol. The molecule has 9 nitrogen and oxygen atoms in total. The summed E-state index contributed by atoms with van der Waals surface area (Å²) >= 11 is 0.